The molecule has 0 spiro atoms. The molecule has 3 aromatic heterocycles. The van der Waals surface area contributed by atoms with Crippen molar-refractivity contribution in [2.45, 2.75) is 26.1 Å². The van der Waals surface area contributed by atoms with Crippen LogP contribution in [0.25, 0.3) is 5.78 Å². The Kier molecular flexibility index (Phi) is 3.46. The van der Waals surface area contributed by atoms with Crippen LogP contribution in [0, 0.1) is 6.92 Å². The molecule has 0 aromatic carbocycles. The van der Waals surface area contributed by atoms with E-state index in [4.69, 9.17) is 0 Å². The van der Waals surface area contributed by atoms with Crippen LogP contribution >= 0.6 is 0 Å². The van der Waals surface area contributed by atoms with Gasteiger partial charge in [0.1, 0.15) is 12.1 Å². The van der Waals surface area contributed by atoms with Gasteiger partial charge < -0.3 is 5.32 Å². The number of fused-ring (bicyclic) bond motifs is 1. The van der Waals surface area contributed by atoms with Gasteiger partial charge in [0.05, 0.1) is 11.7 Å². The van der Waals surface area contributed by atoms with Gasteiger partial charge in [-0.3, -0.25) is 4.68 Å². The number of aryl methyl sites for hydroxylation is 2. The Labute approximate surface area is 129 Å². The number of nitrogens with zero attached hydrogens (tertiary/aromatic N) is 6. The zero-order chi connectivity index (χ0) is 16.8. The molecule has 1 N–H and O–H groups in total. The van der Waals surface area contributed by atoms with Crippen LogP contribution in [0.4, 0.5) is 19.0 Å². The molecule has 3 heterocycles. The number of hydrogen-bond acceptors (Lipinski definition) is 5. The highest BCUT2D eigenvalue weighted by molar-refractivity contribution is 5.47. The monoisotopic (exact) mass is 325 g/mol. The first kappa shape index (κ1) is 15.3. The van der Waals surface area contributed by atoms with Gasteiger partial charge in [-0.1, -0.05) is 0 Å². The van der Waals surface area contributed by atoms with E-state index in [9.17, 15) is 13.2 Å². The third kappa shape index (κ3) is 2.83. The lowest BCUT2D eigenvalue weighted by atomic mass is 10.1. The van der Waals surface area contributed by atoms with Gasteiger partial charge in [-0.2, -0.15) is 32.9 Å². The molecule has 23 heavy (non-hydrogen) atoms. The van der Waals surface area contributed by atoms with E-state index in [1.54, 1.807) is 11.7 Å². The molecule has 122 valence electrons. The van der Waals surface area contributed by atoms with E-state index in [1.807, 2.05) is 20.0 Å². The number of nitrogens with one attached hydrogen (secondary N) is 1. The molecular formula is C13H14F3N7. The molecule has 7 nitrogen and oxygen atoms in total. The highest BCUT2D eigenvalue weighted by atomic mass is 19.4. The maximum absolute atomic E-state index is 13.0. The molecule has 0 fully saturated rings. The van der Waals surface area contributed by atoms with Crippen LogP contribution in [-0.4, -0.2) is 29.4 Å². The van der Waals surface area contributed by atoms with Crippen molar-refractivity contribution in [3.05, 3.63) is 35.5 Å². The summed E-state index contributed by atoms with van der Waals surface area (Å²) in [5, 5.41) is 11.2. The number of rotatable bonds is 3. The van der Waals surface area contributed by atoms with Gasteiger partial charge in [0, 0.05) is 24.9 Å². The maximum atomic E-state index is 13.0. The minimum Gasteiger partial charge on any atom is -0.363 e. The molecule has 0 aliphatic rings. The summed E-state index contributed by atoms with van der Waals surface area (Å²) in [5.41, 5.74) is 0.661. The van der Waals surface area contributed by atoms with Gasteiger partial charge in [-0.15, -0.1) is 0 Å². The molecule has 0 saturated carbocycles. The Morgan fingerprint density at radius 2 is 2.04 bits per heavy atom. The molecule has 0 radical (unpaired) electrons. The Bertz CT molecular complexity index is 849. The molecule has 0 amide bonds. The van der Waals surface area contributed by atoms with Gasteiger partial charge in [-0.25, -0.2) is 4.98 Å². The first-order valence-electron chi connectivity index (χ1n) is 6.80. The molecule has 3 rings (SSSR count). The molecule has 0 saturated heterocycles. The zero-order valence-electron chi connectivity index (χ0n) is 12.6. The Morgan fingerprint density at radius 1 is 1.30 bits per heavy atom. The normalized spacial score (nSPS) is 13.5. The number of hydrogen-bond donors (Lipinski definition) is 1. The van der Waals surface area contributed by atoms with Crippen molar-refractivity contribution in [2.75, 3.05) is 5.32 Å². The minimum absolute atomic E-state index is 0.113. The van der Waals surface area contributed by atoms with Gasteiger partial charge in [0.15, 0.2) is 5.69 Å². The third-order valence-electron chi connectivity index (χ3n) is 3.42. The third-order valence-corrected chi connectivity index (χ3v) is 3.42. The lowest BCUT2D eigenvalue weighted by molar-refractivity contribution is -0.141. The molecule has 0 aliphatic heterocycles. The summed E-state index contributed by atoms with van der Waals surface area (Å²) in [6.07, 6.45) is -1.58. The second kappa shape index (κ2) is 5.21. The number of alkyl halides is 3. The topological polar surface area (TPSA) is 72.9 Å². The molecular weight excluding hydrogens is 311 g/mol. The second-order valence-corrected chi connectivity index (χ2v) is 5.21. The van der Waals surface area contributed by atoms with Gasteiger partial charge in [-0.05, 0) is 13.8 Å². The zero-order valence-corrected chi connectivity index (χ0v) is 12.6. The molecule has 0 unspecified atom stereocenters. The van der Waals surface area contributed by atoms with Gasteiger partial charge >= 0.3 is 6.18 Å². The van der Waals surface area contributed by atoms with E-state index in [1.165, 1.54) is 4.52 Å². The summed E-state index contributed by atoms with van der Waals surface area (Å²) in [7, 11) is 1.78. The summed E-state index contributed by atoms with van der Waals surface area (Å²) < 4.78 is 41.8. The van der Waals surface area contributed by atoms with Crippen LogP contribution in [0.15, 0.2) is 18.6 Å². The van der Waals surface area contributed by atoms with Crippen LogP contribution in [0.5, 0.6) is 0 Å². The summed E-state index contributed by atoms with van der Waals surface area (Å²) in [6, 6.07) is 0.656. The summed E-state index contributed by atoms with van der Waals surface area (Å²) in [4.78, 5) is 7.22. The molecule has 0 bridgehead atoms. The van der Waals surface area contributed by atoms with Crippen LogP contribution in [0.1, 0.15) is 29.9 Å². The molecule has 3 aromatic rings. The van der Waals surface area contributed by atoms with Crippen molar-refractivity contribution in [3.63, 3.8) is 0 Å². The highest BCUT2D eigenvalue weighted by Crippen LogP contribution is 2.30. The number of aromatic nitrogens is 6. The SMILES string of the molecule is Cc1nn(C)cc1[C@H](C)Nc1cc(C(F)(F)F)nc2ncnn12. The predicted octanol–water partition coefficient (Wildman–Crippen LogP) is 2.36. The van der Waals surface area contributed by atoms with Crippen LogP contribution < -0.4 is 5.32 Å². The minimum atomic E-state index is -4.56. The van der Waals surface area contributed by atoms with Crippen LogP contribution in [-0.2, 0) is 13.2 Å². The highest BCUT2D eigenvalue weighted by Gasteiger charge is 2.34. The average molecular weight is 325 g/mol. The first-order valence-corrected chi connectivity index (χ1v) is 6.80. The van der Waals surface area contributed by atoms with Crippen molar-refractivity contribution in [2.24, 2.45) is 7.05 Å². The number of anilines is 1. The van der Waals surface area contributed by atoms with Crippen molar-refractivity contribution < 1.29 is 13.2 Å². The van der Waals surface area contributed by atoms with Crippen molar-refractivity contribution >= 4 is 11.6 Å². The smallest absolute Gasteiger partial charge is 0.363 e. The van der Waals surface area contributed by atoms with E-state index in [2.05, 4.69) is 25.5 Å². The second-order valence-electron chi connectivity index (χ2n) is 5.21. The van der Waals surface area contributed by atoms with Gasteiger partial charge in [0.2, 0.25) is 0 Å². The van der Waals surface area contributed by atoms with E-state index >= 15 is 0 Å². The Balaban J connectivity index is 2.02. The lowest BCUT2D eigenvalue weighted by Gasteiger charge is -2.16. The molecule has 10 heteroatoms. The quantitative estimate of drug-likeness (QED) is 0.800. The Hall–Kier alpha value is -2.65. The molecule has 1 atom stereocenters. The van der Waals surface area contributed by atoms with E-state index in [0.29, 0.717) is 0 Å². The van der Waals surface area contributed by atoms with Crippen molar-refractivity contribution in [1.82, 2.24) is 29.4 Å². The average Bonchev–Trinajstić information content (AvgIpc) is 3.03. The summed E-state index contributed by atoms with van der Waals surface area (Å²) in [5.74, 6) is 0.0491. The fourth-order valence-electron chi connectivity index (χ4n) is 2.40. The van der Waals surface area contributed by atoms with Gasteiger partial charge in [0.25, 0.3) is 5.78 Å². The maximum Gasteiger partial charge on any atom is 0.433 e. The fraction of sp³-hybridized carbons (Fsp3) is 0.385. The van der Waals surface area contributed by atoms with Crippen molar-refractivity contribution in [3.8, 4) is 0 Å². The number of halogens is 3. The van der Waals surface area contributed by atoms with Crippen LogP contribution in [0.3, 0.4) is 0 Å². The van der Waals surface area contributed by atoms with Crippen LogP contribution in [0.2, 0.25) is 0 Å². The van der Waals surface area contributed by atoms with E-state index < -0.39 is 11.9 Å². The Morgan fingerprint density at radius 3 is 2.65 bits per heavy atom. The van der Waals surface area contributed by atoms with E-state index in [0.717, 1.165) is 23.7 Å². The van der Waals surface area contributed by atoms with E-state index in [-0.39, 0.29) is 17.6 Å². The fourth-order valence-corrected chi connectivity index (χ4v) is 2.40. The predicted molar refractivity (Wildman–Crippen MR) is 75.8 cm³/mol. The first-order chi connectivity index (χ1) is 10.8. The summed E-state index contributed by atoms with van der Waals surface area (Å²) >= 11 is 0. The molecule has 0 aliphatic carbocycles. The largest absolute Gasteiger partial charge is 0.433 e. The van der Waals surface area contributed by atoms with Crippen molar-refractivity contribution in [1.29, 1.82) is 0 Å². The summed E-state index contributed by atoms with van der Waals surface area (Å²) in [6.45, 7) is 3.67. The standard InChI is InChI=1S/C13H14F3N7/c1-7(9-5-22(3)21-8(9)2)19-11-4-10(13(14,15)16)20-12-17-6-18-23(11)12/h4-7,19H,1-3H3/t7-/m0/s1. The lowest BCUT2D eigenvalue weighted by Crippen LogP contribution is -2.15.